The number of hydrogen-bond acceptors (Lipinski definition) is 4. The molecule has 3 aromatic rings. The molecule has 0 unspecified atom stereocenters. The molecule has 3 rings (SSSR count). The fourth-order valence-electron chi connectivity index (χ4n) is 2.80. The molecule has 0 atom stereocenters. The molecule has 0 saturated carbocycles. The average Bonchev–Trinajstić information content (AvgIpc) is 2.86. The van der Waals surface area contributed by atoms with Crippen LogP contribution in [-0.4, -0.2) is 21.5 Å². The van der Waals surface area contributed by atoms with Gasteiger partial charge in [-0.2, -0.15) is 0 Å². The van der Waals surface area contributed by atoms with Gasteiger partial charge < -0.3 is 10.1 Å². The summed E-state index contributed by atoms with van der Waals surface area (Å²) in [5.74, 6) is 0.591. The molecular weight excluding hydrogens is 316 g/mol. The van der Waals surface area contributed by atoms with Crippen LogP contribution in [0.4, 0.5) is 0 Å². The highest BCUT2D eigenvalue weighted by atomic mass is 16.5. The summed E-state index contributed by atoms with van der Waals surface area (Å²) < 4.78 is 8.64. The predicted molar refractivity (Wildman–Crippen MR) is 97.1 cm³/mol. The van der Waals surface area contributed by atoms with Crippen LogP contribution in [0.3, 0.4) is 0 Å². The van der Waals surface area contributed by atoms with Crippen molar-refractivity contribution in [2.45, 2.75) is 20.0 Å². The third-order valence-corrected chi connectivity index (χ3v) is 4.31. The van der Waals surface area contributed by atoms with Gasteiger partial charge in [-0.25, -0.2) is 9.67 Å². The van der Waals surface area contributed by atoms with Gasteiger partial charge in [0.1, 0.15) is 0 Å². The number of pyridine rings is 1. The van der Waals surface area contributed by atoms with Gasteiger partial charge in [-0.1, -0.05) is 24.3 Å². The molecule has 2 heterocycles. The van der Waals surface area contributed by atoms with Crippen molar-refractivity contribution in [1.82, 2.24) is 19.7 Å². The van der Waals surface area contributed by atoms with Crippen molar-refractivity contribution in [2.75, 3.05) is 7.11 Å². The number of methoxy groups -OCH3 is 1. The van der Waals surface area contributed by atoms with E-state index >= 15 is 0 Å². The first-order chi connectivity index (χ1) is 12.1. The van der Waals surface area contributed by atoms with Crippen LogP contribution >= 0.6 is 0 Å². The van der Waals surface area contributed by atoms with Crippen molar-refractivity contribution >= 4 is 0 Å². The number of aromatic nitrogens is 3. The highest BCUT2D eigenvalue weighted by Crippen LogP contribution is 2.10. The van der Waals surface area contributed by atoms with E-state index in [-0.39, 0.29) is 5.56 Å². The highest BCUT2D eigenvalue weighted by molar-refractivity contribution is 5.33. The first kappa shape index (κ1) is 17.0. The van der Waals surface area contributed by atoms with E-state index in [0.29, 0.717) is 19.0 Å². The lowest BCUT2D eigenvalue weighted by atomic mass is 10.2. The number of nitrogens with one attached hydrogen (secondary N) is 1. The zero-order chi connectivity index (χ0) is 17.8. The first-order valence-electron chi connectivity index (χ1n) is 8.14. The summed E-state index contributed by atoms with van der Waals surface area (Å²) in [6.45, 7) is 3.10. The van der Waals surface area contributed by atoms with Gasteiger partial charge in [0, 0.05) is 38.1 Å². The molecule has 0 radical (unpaired) electrons. The van der Waals surface area contributed by atoms with Crippen LogP contribution in [0.1, 0.15) is 16.8 Å². The SMILES string of the molecule is COc1ccc(CNCc2c(C)n(C)n(-c3ccccc3)c2=O)cn1. The summed E-state index contributed by atoms with van der Waals surface area (Å²) in [6, 6.07) is 13.4. The van der Waals surface area contributed by atoms with Crippen molar-refractivity contribution in [3.63, 3.8) is 0 Å². The van der Waals surface area contributed by atoms with E-state index in [0.717, 1.165) is 22.5 Å². The van der Waals surface area contributed by atoms with Crippen LogP contribution < -0.4 is 15.6 Å². The van der Waals surface area contributed by atoms with Crippen molar-refractivity contribution < 1.29 is 4.74 Å². The minimum atomic E-state index is 0.00607. The molecule has 0 aliphatic heterocycles. The summed E-state index contributed by atoms with van der Waals surface area (Å²) >= 11 is 0. The Morgan fingerprint density at radius 2 is 1.88 bits per heavy atom. The maximum Gasteiger partial charge on any atom is 0.276 e. The van der Waals surface area contributed by atoms with Gasteiger partial charge in [0.15, 0.2) is 0 Å². The quantitative estimate of drug-likeness (QED) is 0.748. The minimum absolute atomic E-state index is 0.00607. The third-order valence-electron chi connectivity index (χ3n) is 4.31. The Morgan fingerprint density at radius 1 is 1.12 bits per heavy atom. The Bertz CT molecular complexity index is 896. The number of benzene rings is 1. The second-order valence-electron chi connectivity index (χ2n) is 5.85. The Balaban J connectivity index is 1.76. The van der Waals surface area contributed by atoms with Crippen molar-refractivity contribution in [3.05, 3.63) is 75.8 Å². The summed E-state index contributed by atoms with van der Waals surface area (Å²) in [5.41, 5.74) is 3.63. The highest BCUT2D eigenvalue weighted by Gasteiger charge is 2.15. The molecule has 0 saturated heterocycles. The van der Waals surface area contributed by atoms with E-state index in [9.17, 15) is 4.79 Å². The standard InChI is InChI=1S/C19H22N4O2/c1-14-17(13-20-11-15-9-10-18(25-3)21-12-15)19(24)23(22(14)2)16-7-5-4-6-8-16/h4-10,12,20H,11,13H2,1-3H3. The number of hydrogen-bond donors (Lipinski definition) is 1. The summed E-state index contributed by atoms with van der Waals surface area (Å²) in [4.78, 5) is 17.0. The van der Waals surface area contributed by atoms with Crippen molar-refractivity contribution in [2.24, 2.45) is 7.05 Å². The average molecular weight is 338 g/mol. The summed E-state index contributed by atoms with van der Waals surface area (Å²) in [5, 5.41) is 3.32. The van der Waals surface area contributed by atoms with Crippen LogP contribution in [0.15, 0.2) is 53.5 Å². The van der Waals surface area contributed by atoms with Gasteiger partial charge in [0.05, 0.1) is 18.4 Å². The second kappa shape index (κ2) is 7.36. The fraction of sp³-hybridized carbons (Fsp3) is 0.263. The lowest BCUT2D eigenvalue weighted by Crippen LogP contribution is -2.23. The molecule has 1 N–H and O–H groups in total. The van der Waals surface area contributed by atoms with Crippen LogP contribution in [0, 0.1) is 6.92 Å². The molecule has 2 aromatic heterocycles. The maximum atomic E-state index is 12.8. The first-order valence-corrected chi connectivity index (χ1v) is 8.14. The molecule has 0 aliphatic carbocycles. The van der Waals surface area contributed by atoms with E-state index < -0.39 is 0 Å². The summed E-state index contributed by atoms with van der Waals surface area (Å²) in [6.07, 6.45) is 1.77. The van der Waals surface area contributed by atoms with Crippen LogP contribution in [0.2, 0.25) is 0 Å². The van der Waals surface area contributed by atoms with E-state index in [1.54, 1.807) is 18.0 Å². The van der Waals surface area contributed by atoms with Gasteiger partial charge in [0.25, 0.3) is 5.56 Å². The summed E-state index contributed by atoms with van der Waals surface area (Å²) in [7, 11) is 3.50. The number of ether oxygens (including phenoxy) is 1. The van der Waals surface area contributed by atoms with Gasteiger partial charge in [0.2, 0.25) is 5.88 Å². The second-order valence-corrected chi connectivity index (χ2v) is 5.85. The lowest BCUT2D eigenvalue weighted by Gasteiger charge is -2.07. The molecule has 0 fully saturated rings. The smallest absolute Gasteiger partial charge is 0.276 e. The molecule has 25 heavy (non-hydrogen) atoms. The van der Waals surface area contributed by atoms with Crippen LogP contribution in [0.25, 0.3) is 5.69 Å². The Kier molecular flexibility index (Phi) is 5.00. The zero-order valence-corrected chi connectivity index (χ0v) is 14.7. The monoisotopic (exact) mass is 338 g/mol. The third kappa shape index (κ3) is 3.49. The zero-order valence-electron chi connectivity index (χ0n) is 14.7. The fourth-order valence-corrected chi connectivity index (χ4v) is 2.80. The van der Waals surface area contributed by atoms with E-state index in [1.165, 1.54) is 0 Å². The topological polar surface area (TPSA) is 61.1 Å². The van der Waals surface area contributed by atoms with Crippen LogP contribution in [-0.2, 0) is 20.1 Å². The molecule has 0 amide bonds. The molecule has 6 nitrogen and oxygen atoms in total. The molecule has 6 heteroatoms. The van der Waals surface area contributed by atoms with Gasteiger partial charge in [-0.3, -0.25) is 9.48 Å². The Morgan fingerprint density at radius 3 is 2.52 bits per heavy atom. The van der Waals surface area contributed by atoms with E-state index in [4.69, 9.17) is 4.74 Å². The predicted octanol–water partition coefficient (Wildman–Crippen LogP) is 2.18. The van der Waals surface area contributed by atoms with Gasteiger partial charge >= 0.3 is 0 Å². The van der Waals surface area contributed by atoms with Crippen molar-refractivity contribution in [1.29, 1.82) is 0 Å². The Labute approximate surface area is 146 Å². The molecular formula is C19H22N4O2. The molecule has 0 spiro atoms. The van der Waals surface area contributed by atoms with E-state index in [2.05, 4.69) is 10.3 Å². The largest absolute Gasteiger partial charge is 0.481 e. The molecule has 130 valence electrons. The van der Waals surface area contributed by atoms with E-state index in [1.807, 2.05) is 61.1 Å². The number of nitrogens with zero attached hydrogens (tertiary/aromatic N) is 3. The minimum Gasteiger partial charge on any atom is -0.481 e. The molecule has 1 aromatic carbocycles. The number of rotatable bonds is 6. The van der Waals surface area contributed by atoms with Crippen molar-refractivity contribution in [3.8, 4) is 11.6 Å². The normalized spacial score (nSPS) is 10.8. The lowest BCUT2D eigenvalue weighted by molar-refractivity contribution is 0.397. The molecule has 0 aliphatic rings. The van der Waals surface area contributed by atoms with Gasteiger partial charge in [-0.15, -0.1) is 0 Å². The molecule has 0 bridgehead atoms. The maximum absolute atomic E-state index is 12.8. The number of para-hydroxylation sites is 1. The van der Waals surface area contributed by atoms with Gasteiger partial charge in [-0.05, 0) is 24.6 Å². The van der Waals surface area contributed by atoms with Crippen LogP contribution in [0.5, 0.6) is 5.88 Å². The Hall–Kier alpha value is -2.86.